The number of halogens is 2. The fourth-order valence-electron chi connectivity index (χ4n) is 3.76. The van der Waals surface area contributed by atoms with E-state index in [-0.39, 0.29) is 5.91 Å². The van der Waals surface area contributed by atoms with Gasteiger partial charge in [-0.15, -0.1) is 10.2 Å². The van der Waals surface area contributed by atoms with Gasteiger partial charge in [0.25, 0.3) is 0 Å². The van der Waals surface area contributed by atoms with E-state index in [1.807, 2.05) is 42.5 Å². The number of rotatable bonds is 11. The van der Waals surface area contributed by atoms with E-state index in [0.29, 0.717) is 29.4 Å². The molecule has 0 aliphatic carbocycles. The van der Waals surface area contributed by atoms with Gasteiger partial charge >= 0.3 is 0 Å². The molecule has 0 atom stereocenters. The van der Waals surface area contributed by atoms with Crippen molar-refractivity contribution in [3.8, 4) is 17.1 Å². The number of amides is 1. The summed E-state index contributed by atoms with van der Waals surface area (Å²) in [6.45, 7) is 2.63. The van der Waals surface area contributed by atoms with E-state index in [0.717, 1.165) is 46.4 Å². The van der Waals surface area contributed by atoms with Crippen LogP contribution >= 0.6 is 35.0 Å². The van der Waals surface area contributed by atoms with Crippen LogP contribution < -0.4 is 5.32 Å². The average Bonchev–Trinajstić information content (AvgIpc) is 3.30. The van der Waals surface area contributed by atoms with Crippen LogP contribution in [0.2, 0.25) is 10.0 Å². The molecule has 0 aliphatic heterocycles. The molecule has 3 aromatic carbocycles. The van der Waals surface area contributed by atoms with Crippen molar-refractivity contribution in [3.63, 3.8) is 0 Å². The van der Waals surface area contributed by atoms with Gasteiger partial charge in [0.05, 0.1) is 0 Å². The van der Waals surface area contributed by atoms with Crippen molar-refractivity contribution in [2.24, 2.45) is 0 Å². The smallest absolute Gasteiger partial charge is 0.220 e. The monoisotopic (exact) mass is 538 g/mol. The Labute approximate surface area is 226 Å². The first-order valence-corrected chi connectivity index (χ1v) is 13.7. The zero-order valence-electron chi connectivity index (χ0n) is 20.1. The number of carbonyl (C=O) groups is 1. The van der Waals surface area contributed by atoms with E-state index in [1.165, 1.54) is 5.56 Å². The van der Waals surface area contributed by atoms with Crippen LogP contribution in [0.4, 0.5) is 0 Å². The molecule has 1 amide bonds. The maximum atomic E-state index is 12.2. The third-order valence-corrected chi connectivity index (χ3v) is 7.32. The number of hydrogen-bond acceptors (Lipinski definition) is 4. The van der Waals surface area contributed by atoms with Crippen LogP contribution in [0.5, 0.6) is 0 Å². The highest BCUT2D eigenvalue weighted by molar-refractivity contribution is 7.99. The molecule has 0 aliphatic rings. The van der Waals surface area contributed by atoms with Crippen LogP contribution in [0.15, 0.2) is 78.0 Å². The summed E-state index contributed by atoms with van der Waals surface area (Å²) in [6, 6.07) is 23.9. The predicted octanol–water partition coefficient (Wildman–Crippen LogP) is 7.17. The minimum Gasteiger partial charge on any atom is -0.356 e. The molecule has 0 saturated carbocycles. The summed E-state index contributed by atoms with van der Waals surface area (Å²) in [5.41, 5.74) is 4.24. The Bertz CT molecular complexity index is 1290. The first-order valence-electron chi connectivity index (χ1n) is 11.9. The Hall–Kier alpha value is -2.80. The van der Waals surface area contributed by atoms with Gasteiger partial charge in [-0.3, -0.25) is 9.36 Å². The van der Waals surface area contributed by atoms with Gasteiger partial charge in [0.15, 0.2) is 11.0 Å². The highest BCUT2D eigenvalue weighted by Crippen LogP contribution is 2.28. The van der Waals surface area contributed by atoms with Crippen molar-refractivity contribution >= 4 is 40.9 Å². The van der Waals surface area contributed by atoms with Gasteiger partial charge in [0.2, 0.25) is 5.91 Å². The number of aryl methyl sites for hydroxylation is 1. The predicted molar refractivity (Wildman–Crippen MR) is 149 cm³/mol. The molecule has 0 bridgehead atoms. The third kappa shape index (κ3) is 7.12. The van der Waals surface area contributed by atoms with E-state index >= 15 is 0 Å². The molecule has 1 N–H and O–H groups in total. The number of aromatic nitrogens is 3. The quantitative estimate of drug-likeness (QED) is 0.162. The fraction of sp³-hybridized carbons (Fsp3) is 0.250. The zero-order valence-corrected chi connectivity index (χ0v) is 22.4. The molecule has 186 valence electrons. The Morgan fingerprint density at radius 1 is 0.972 bits per heavy atom. The fourth-order valence-corrected chi connectivity index (χ4v) is 5.22. The highest BCUT2D eigenvalue weighted by atomic mass is 35.5. The molecule has 0 saturated heterocycles. The number of carbonyl (C=O) groups excluding carboxylic acids is 1. The summed E-state index contributed by atoms with van der Waals surface area (Å²) in [7, 11) is 0. The molecular formula is C28H28Cl2N4OS. The Morgan fingerprint density at radius 2 is 1.75 bits per heavy atom. The van der Waals surface area contributed by atoms with Gasteiger partial charge in [0, 0.05) is 40.0 Å². The second kappa shape index (κ2) is 12.9. The molecule has 4 rings (SSSR count). The molecule has 0 fully saturated rings. The minimum absolute atomic E-state index is 0.0549. The van der Waals surface area contributed by atoms with E-state index in [2.05, 4.69) is 51.3 Å². The maximum absolute atomic E-state index is 12.2. The van der Waals surface area contributed by atoms with Crippen molar-refractivity contribution in [1.29, 1.82) is 0 Å². The largest absolute Gasteiger partial charge is 0.356 e. The van der Waals surface area contributed by atoms with Gasteiger partial charge in [-0.1, -0.05) is 89.1 Å². The van der Waals surface area contributed by atoms with Crippen LogP contribution in [-0.2, 0) is 11.2 Å². The van der Waals surface area contributed by atoms with Gasteiger partial charge in [0.1, 0.15) is 0 Å². The van der Waals surface area contributed by atoms with E-state index in [1.54, 1.807) is 17.8 Å². The van der Waals surface area contributed by atoms with E-state index in [9.17, 15) is 4.79 Å². The van der Waals surface area contributed by atoms with E-state index in [4.69, 9.17) is 23.2 Å². The van der Waals surface area contributed by atoms with Gasteiger partial charge in [-0.25, -0.2) is 0 Å². The number of nitrogens with one attached hydrogen (secondary N) is 1. The van der Waals surface area contributed by atoms with Gasteiger partial charge < -0.3 is 5.32 Å². The Morgan fingerprint density at radius 3 is 2.50 bits per heavy atom. The second-order valence-corrected chi connectivity index (χ2v) is 10.4. The molecule has 0 unspecified atom stereocenters. The first kappa shape index (κ1) is 26.3. The maximum Gasteiger partial charge on any atom is 0.220 e. The summed E-state index contributed by atoms with van der Waals surface area (Å²) in [4.78, 5) is 12.2. The summed E-state index contributed by atoms with van der Waals surface area (Å²) in [5, 5.41) is 14.0. The molecule has 8 heteroatoms. The number of nitrogens with zero attached hydrogens (tertiary/aromatic N) is 3. The first-order chi connectivity index (χ1) is 17.5. The van der Waals surface area contributed by atoms with Crippen molar-refractivity contribution in [2.45, 2.75) is 37.8 Å². The minimum atomic E-state index is 0.0549. The van der Waals surface area contributed by atoms with Crippen molar-refractivity contribution in [3.05, 3.63) is 94.0 Å². The number of hydrogen-bond donors (Lipinski definition) is 1. The lowest BCUT2D eigenvalue weighted by atomic mass is 10.1. The topological polar surface area (TPSA) is 59.8 Å². The van der Waals surface area contributed by atoms with E-state index < -0.39 is 0 Å². The lowest BCUT2D eigenvalue weighted by molar-refractivity contribution is -0.121. The lowest BCUT2D eigenvalue weighted by Crippen LogP contribution is -2.25. The zero-order chi connectivity index (χ0) is 25.3. The molecule has 0 spiro atoms. The summed E-state index contributed by atoms with van der Waals surface area (Å²) >= 11 is 13.8. The Kier molecular flexibility index (Phi) is 9.45. The summed E-state index contributed by atoms with van der Waals surface area (Å²) in [5.74, 6) is 1.73. The van der Waals surface area contributed by atoms with Crippen LogP contribution in [0, 0.1) is 6.92 Å². The van der Waals surface area contributed by atoms with Gasteiger partial charge in [-0.2, -0.15) is 0 Å². The third-order valence-electron chi connectivity index (χ3n) is 5.72. The lowest BCUT2D eigenvalue weighted by Gasteiger charge is -2.11. The van der Waals surface area contributed by atoms with Crippen LogP contribution in [-0.4, -0.2) is 33.0 Å². The molecule has 1 heterocycles. The van der Waals surface area contributed by atoms with Crippen molar-refractivity contribution in [2.75, 3.05) is 12.3 Å². The SMILES string of the molecule is Cc1ccc(-n2c(SCCCCC(=O)NCCc3ccc(Cl)cc3Cl)nnc2-c2ccccc2)cc1. The molecule has 4 aromatic rings. The molecule has 36 heavy (non-hydrogen) atoms. The highest BCUT2D eigenvalue weighted by Gasteiger charge is 2.16. The Balaban J connectivity index is 1.27. The summed E-state index contributed by atoms with van der Waals surface area (Å²) in [6.07, 6.45) is 2.89. The molecular weight excluding hydrogens is 511 g/mol. The standard InChI is InChI=1S/C28H28Cl2N4OS/c1-20-10-14-24(15-11-20)34-27(22-7-3-2-4-8-22)32-33-28(34)36-18-6-5-9-26(35)31-17-16-21-12-13-23(29)19-25(21)30/h2-4,7-8,10-15,19H,5-6,9,16-18H2,1H3,(H,31,35). The second-order valence-electron chi connectivity index (χ2n) is 8.48. The normalized spacial score (nSPS) is 11.0. The van der Waals surface area contributed by atoms with Crippen LogP contribution in [0.3, 0.4) is 0 Å². The molecule has 1 aromatic heterocycles. The average molecular weight is 540 g/mol. The van der Waals surface area contributed by atoms with Crippen LogP contribution in [0.1, 0.15) is 30.4 Å². The van der Waals surface area contributed by atoms with Crippen molar-refractivity contribution in [1.82, 2.24) is 20.1 Å². The van der Waals surface area contributed by atoms with Gasteiger partial charge in [-0.05, 0) is 56.0 Å². The molecule has 5 nitrogen and oxygen atoms in total. The number of benzene rings is 3. The van der Waals surface area contributed by atoms with Crippen LogP contribution in [0.25, 0.3) is 17.1 Å². The van der Waals surface area contributed by atoms with Crippen molar-refractivity contribution < 1.29 is 4.79 Å². The number of unbranched alkanes of at least 4 members (excludes halogenated alkanes) is 1. The summed E-state index contributed by atoms with van der Waals surface area (Å²) < 4.78 is 2.11. The number of thioether (sulfide) groups is 1. The molecule has 0 radical (unpaired) electrons.